The van der Waals surface area contributed by atoms with Gasteiger partial charge < -0.3 is 14.0 Å². The first-order chi connectivity index (χ1) is 13.1. The average Bonchev–Trinajstić information content (AvgIpc) is 3.05. The number of carbonyl (C=O) groups excluding carboxylic acids is 2. The number of thiophene rings is 1. The van der Waals surface area contributed by atoms with E-state index in [1.807, 2.05) is 0 Å². The Kier molecular flexibility index (Phi) is 7.59. The number of fused-ring (bicyclic) bond motifs is 1. The Bertz CT molecular complexity index is 833. The van der Waals surface area contributed by atoms with Gasteiger partial charge in [0.2, 0.25) is 0 Å². The fourth-order valence-electron chi connectivity index (χ4n) is 2.06. The first kappa shape index (κ1) is 22.8. The van der Waals surface area contributed by atoms with Crippen molar-refractivity contribution in [2.75, 3.05) is 20.7 Å². The van der Waals surface area contributed by atoms with Crippen LogP contribution in [0.25, 0.3) is 10.1 Å². The number of esters is 1. The van der Waals surface area contributed by atoms with Gasteiger partial charge in [0.15, 0.2) is 19.9 Å². The summed E-state index contributed by atoms with van der Waals surface area (Å²) < 4.78 is 50.5. The molecule has 0 aliphatic heterocycles. The van der Waals surface area contributed by atoms with Crippen LogP contribution in [0.3, 0.4) is 0 Å². The van der Waals surface area contributed by atoms with Crippen LogP contribution < -0.4 is 0 Å². The monoisotopic (exact) mass is 434 g/mol. The molecule has 10 heteroatoms. The van der Waals surface area contributed by atoms with Crippen LogP contribution in [0.5, 0.6) is 0 Å². The number of benzene rings is 1. The van der Waals surface area contributed by atoms with Crippen LogP contribution >= 0.6 is 19.7 Å². The van der Waals surface area contributed by atoms with E-state index in [4.69, 9.17) is 18.5 Å². The van der Waals surface area contributed by atoms with Crippen molar-refractivity contribution in [3.8, 4) is 0 Å². The highest BCUT2D eigenvalue weighted by molar-refractivity contribution is 7.48. The zero-order valence-corrected chi connectivity index (χ0v) is 17.6. The zero-order chi connectivity index (χ0) is 20.9. The topological polar surface area (TPSA) is 71.1 Å². The van der Waals surface area contributed by atoms with Crippen LogP contribution in [0.4, 0.5) is 8.78 Å². The Morgan fingerprint density at radius 1 is 1.18 bits per heavy atom. The molecular weight excluding hydrogens is 413 g/mol. The van der Waals surface area contributed by atoms with Gasteiger partial charge in [-0.2, -0.15) is 8.78 Å². The summed E-state index contributed by atoms with van der Waals surface area (Å²) in [5.74, 6) is -0.585. The largest absolute Gasteiger partial charge is 0.438 e. The molecule has 0 saturated carbocycles. The molecule has 154 valence electrons. The summed E-state index contributed by atoms with van der Waals surface area (Å²) in [5.41, 5.74) is -4.62. The van der Waals surface area contributed by atoms with Crippen molar-refractivity contribution in [2.24, 2.45) is 5.41 Å². The quantitative estimate of drug-likeness (QED) is 0.232. The molecule has 0 aliphatic rings. The van der Waals surface area contributed by atoms with Gasteiger partial charge in [0, 0.05) is 17.4 Å². The minimum Gasteiger partial charge on any atom is -0.438 e. The zero-order valence-electron chi connectivity index (χ0n) is 15.9. The van der Waals surface area contributed by atoms with Crippen LogP contribution in [-0.2, 0) is 29.0 Å². The normalized spacial score (nSPS) is 13.5. The minimum atomic E-state index is -3.50. The lowest BCUT2D eigenvalue weighted by molar-refractivity contribution is -0.160. The Morgan fingerprint density at radius 3 is 2.46 bits per heavy atom. The standard InChI is InChI=1S/C18H21F2O6PS/c1-17(2,3)16(22)24-11-26-27(25-10-23-4)18(19,20)13-5-6-15-12(7-13)8-14(9-21)28-15/h5-9H,10-11H2,1-4H3. The molecule has 0 fully saturated rings. The molecule has 0 N–H and O–H groups in total. The number of halogens is 2. The second-order valence-corrected chi connectivity index (χ2v) is 9.49. The molecule has 1 aromatic heterocycles. The van der Waals surface area contributed by atoms with Crippen LogP contribution in [0.2, 0.25) is 0 Å². The molecule has 0 aliphatic carbocycles. The Labute approximate surface area is 166 Å². The lowest BCUT2D eigenvalue weighted by atomic mass is 9.98. The number of aldehydes is 1. The summed E-state index contributed by atoms with van der Waals surface area (Å²) >= 11 is 1.21. The van der Waals surface area contributed by atoms with E-state index in [1.54, 1.807) is 20.8 Å². The maximum atomic E-state index is 15.0. The minimum absolute atomic E-state index is 0.334. The summed E-state index contributed by atoms with van der Waals surface area (Å²) in [6.45, 7) is 3.83. The van der Waals surface area contributed by atoms with E-state index in [9.17, 15) is 9.59 Å². The number of methoxy groups -OCH3 is 1. The van der Waals surface area contributed by atoms with Crippen molar-refractivity contribution < 1.29 is 36.9 Å². The van der Waals surface area contributed by atoms with Crippen molar-refractivity contribution in [2.45, 2.75) is 26.4 Å². The van der Waals surface area contributed by atoms with E-state index < -0.39 is 39.0 Å². The van der Waals surface area contributed by atoms with Crippen molar-refractivity contribution in [1.29, 1.82) is 0 Å². The van der Waals surface area contributed by atoms with Crippen LogP contribution in [0.15, 0.2) is 24.3 Å². The van der Waals surface area contributed by atoms with Crippen LogP contribution in [0.1, 0.15) is 36.0 Å². The van der Waals surface area contributed by atoms with Crippen molar-refractivity contribution in [3.63, 3.8) is 0 Å². The first-order valence-corrected chi connectivity index (χ1v) is 10.2. The third-order valence-corrected chi connectivity index (χ3v) is 5.93. The fourth-order valence-corrected chi connectivity index (χ4v) is 4.02. The Morgan fingerprint density at radius 2 is 1.86 bits per heavy atom. The van der Waals surface area contributed by atoms with E-state index in [0.29, 0.717) is 21.2 Å². The lowest BCUT2D eigenvalue weighted by Crippen LogP contribution is -2.24. The molecule has 1 aromatic carbocycles. The number of rotatable bonds is 9. The summed E-state index contributed by atoms with van der Waals surface area (Å²) in [6, 6.07) is 5.59. The van der Waals surface area contributed by atoms with Crippen molar-refractivity contribution in [3.05, 3.63) is 34.7 Å². The number of hydrogen-bond donors (Lipinski definition) is 0. The predicted molar refractivity (Wildman–Crippen MR) is 102 cm³/mol. The highest BCUT2D eigenvalue weighted by Gasteiger charge is 2.45. The van der Waals surface area contributed by atoms with Gasteiger partial charge in [-0.3, -0.25) is 14.1 Å². The van der Waals surface area contributed by atoms with E-state index >= 15 is 8.78 Å². The molecule has 1 atom stereocenters. The SMILES string of the molecule is COCOP(OCOC(=O)C(C)(C)C)C(F)(F)c1ccc2sc(C=O)cc2c1. The van der Waals surface area contributed by atoms with Gasteiger partial charge in [0.25, 0.3) is 8.38 Å². The van der Waals surface area contributed by atoms with Gasteiger partial charge in [-0.15, -0.1) is 11.3 Å². The maximum Gasteiger partial charge on any atom is 0.340 e. The molecule has 0 spiro atoms. The smallest absolute Gasteiger partial charge is 0.340 e. The number of carbonyl (C=O) groups is 2. The Balaban J connectivity index is 2.20. The van der Waals surface area contributed by atoms with E-state index in [2.05, 4.69) is 0 Å². The lowest BCUT2D eigenvalue weighted by Gasteiger charge is -2.26. The molecule has 2 aromatic rings. The fraction of sp³-hybridized carbons (Fsp3) is 0.444. The predicted octanol–water partition coefficient (Wildman–Crippen LogP) is 5.26. The molecule has 6 nitrogen and oxygen atoms in total. The van der Waals surface area contributed by atoms with E-state index in [1.165, 1.54) is 42.7 Å². The molecular formula is C18H21F2O6PS. The second-order valence-electron chi connectivity index (χ2n) is 6.78. The second kappa shape index (κ2) is 9.33. The number of hydrogen-bond acceptors (Lipinski definition) is 7. The average molecular weight is 434 g/mol. The maximum absolute atomic E-state index is 15.0. The van der Waals surface area contributed by atoms with Gasteiger partial charge in [-0.05, 0) is 44.4 Å². The van der Waals surface area contributed by atoms with Gasteiger partial charge >= 0.3 is 11.6 Å². The molecule has 1 unspecified atom stereocenters. The summed E-state index contributed by atoms with van der Waals surface area (Å²) in [7, 11) is -1.51. The molecule has 2 rings (SSSR count). The summed E-state index contributed by atoms with van der Waals surface area (Å²) in [6.07, 6.45) is 0.670. The highest BCUT2D eigenvalue weighted by Crippen LogP contribution is 2.60. The van der Waals surface area contributed by atoms with E-state index in [-0.39, 0.29) is 5.56 Å². The third kappa shape index (κ3) is 5.52. The van der Waals surface area contributed by atoms with Crippen LogP contribution in [-0.4, -0.2) is 33.0 Å². The third-order valence-electron chi connectivity index (χ3n) is 3.49. The van der Waals surface area contributed by atoms with Gasteiger partial charge in [0.1, 0.15) is 0 Å². The van der Waals surface area contributed by atoms with Gasteiger partial charge in [0.05, 0.1) is 10.3 Å². The first-order valence-electron chi connectivity index (χ1n) is 8.19. The molecule has 0 radical (unpaired) electrons. The van der Waals surface area contributed by atoms with Gasteiger partial charge in [-0.25, -0.2) is 0 Å². The van der Waals surface area contributed by atoms with Crippen LogP contribution in [0, 0.1) is 5.41 Å². The number of ether oxygens (including phenoxy) is 2. The molecule has 28 heavy (non-hydrogen) atoms. The summed E-state index contributed by atoms with van der Waals surface area (Å²) in [5, 5.41) is 0.519. The Hall–Kier alpha value is -1.51. The molecule has 0 amide bonds. The highest BCUT2D eigenvalue weighted by atomic mass is 32.1. The molecule has 0 bridgehead atoms. The molecule has 1 heterocycles. The number of alkyl halides is 2. The van der Waals surface area contributed by atoms with E-state index in [0.717, 1.165) is 0 Å². The molecule has 0 saturated heterocycles. The van der Waals surface area contributed by atoms with Crippen molar-refractivity contribution in [1.82, 2.24) is 0 Å². The summed E-state index contributed by atoms with van der Waals surface area (Å²) in [4.78, 5) is 23.1. The van der Waals surface area contributed by atoms with Crippen molar-refractivity contribution >= 4 is 42.1 Å². The van der Waals surface area contributed by atoms with Gasteiger partial charge in [-0.1, -0.05) is 6.07 Å².